The van der Waals surface area contributed by atoms with E-state index in [2.05, 4.69) is 10.6 Å². The van der Waals surface area contributed by atoms with Crippen LogP contribution in [0.15, 0.2) is 18.2 Å². The molecular formula is C15H23FN2O. The van der Waals surface area contributed by atoms with Crippen LogP contribution in [0.3, 0.4) is 0 Å². The summed E-state index contributed by atoms with van der Waals surface area (Å²) in [7, 11) is 1.62. The van der Waals surface area contributed by atoms with E-state index in [9.17, 15) is 4.39 Å². The molecule has 2 N–H and O–H groups in total. The molecule has 1 aliphatic rings. The van der Waals surface area contributed by atoms with Crippen molar-refractivity contribution in [2.75, 3.05) is 20.2 Å². The van der Waals surface area contributed by atoms with Crippen molar-refractivity contribution in [1.82, 2.24) is 10.6 Å². The van der Waals surface area contributed by atoms with Gasteiger partial charge in [0.25, 0.3) is 0 Å². The normalized spacial score (nSPS) is 21.1. The Morgan fingerprint density at radius 1 is 1.47 bits per heavy atom. The Morgan fingerprint density at radius 3 is 3.00 bits per heavy atom. The Labute approximate surface area is 114 Å². The van der Waals surface area contributed by atoms with E-state index in [1.807, 2.05) is 6.92 Å². The lowest BCUT2D eigenvalue weighted by molar-refractivity contribution is 0.364. The average Bonchev–Trinajstić information content (AvgIpc) is 2.46. The van der Waals surface area contributed by atoms with E-state index in [1.165, 1.54) is 25.3 Å². The smallest absolute Gasteiger partial charge is 0.123 e. The summed E-state index contributed by atoms with van der Waals surface area (Å²) < 4.78 is 18.6. The lowest BCUT2D eigenvalue weighted by Crippen LogP contribution is -2.42. The van der Waals surface area contributed by atoms with Gasteiger partial charge in [-0.05, 0) is 44.5 Å². The second-order valence-electron chi connectivity index (χ2n) is 5.16. The maximum atomic E-state index is 13.3. The fourth-order valence-corrected chi connectivity index (χ4v) is 2.57. The van der Waals surface area contributed by atoms with Crippen molar-refractivity contribution in [3.8, 4) is 5.75 Å². The zero-order valence-corrected chi connectivity index (χ0v) is 11.7. The minimum Gasteiger partial charge on any atom is -0.496 e. The highest BCUT2D eigenvalue weighted by Gasteiger charge is 2.16. The Bertz CT molecular complexity index is 405. The van der Waals surface area contributed by atoms with Crippen LogP contribution in [-0.4, -0.2) is 26.2 Å². The molecule has 0 amide bonds. The molecular weight excluding hydrogens is 243 g/mol. The zero-order valence-electron chi connectivity index (χ0n) is 11.7. The molecule has 1 aromatic rings. The Balaban J connectivity index is 1.94. The number of benzene rings is 1. The summed E-state index contributed by atoms with van der Waals surface area (Å²) in [6, 6.07) is 5.26. The number of ether oxygens (including phenoxy) is 1. The molecule has 1 saturated heterocycles. The van der Waals surface area contributed by atoms with Crippen LogP contribution in [-0.2, 0) is 0 Å². The molecule has 0 spiro atoms. The van der Waals surface area contributed by atoms with Gasteiger partial charge in [-0.1, -0.05) is 6.42 Å². The first kappa shape index (κ1) is 14.3. The second-order valence-corrected chi connectivity index (χ2v) is 5.16. The van der Waals surface area contributed by atoms with Gasteiger partial charge in [-0.2, -0.15) is 0 Å². The highest BCUT2D eigenvalue weighted by Crippen LogP contribution is 2.25. The number of piperidine rings is 1. The van der Waals surface area contributed by atoms with Crippen molar-refractivity contribution in [2.24, 2.45) is 0 Å². The van der Waals surface area contributed by atoms with Gasteiger partial charge in [0.2, 0.25) is 0 Å². The van der Waals surface area contributed by atoms with Crippen LogP contribution in [0.4, 0.5) is 4.39 Å². The zero-order chi connectivity index (χ0) is 13.7. The number of halogens is 1. The lowest BCUT2D eigenvalue weighted by Gasteiger charge is -2.26. The lowest BCUT2D eigenvalue weighted by atomic mass is 10.0. The average molecular weight is 266 g/mol. The number of hydrogen-bond acceptors (Lipinski definition) is 3. The van der Waals surface area contributed by atoms with Crippen LogP contribution in [0.5, 0.6) is 5.75 Å². The third kappa shape index (κ3) is 3.91. The van der Waals surface area contributed by atoms with E-state index in [4.69, 9.17) is 4.74 Å². The molecule has 1 aromatic carbocycles. The van der Waals surface area contributed by atoms with E-state index < -0.39 is 0 Å². The van der Waals surface area contributed by atoms with E-state index in [-0.39, 0.29) is 11.9 Å². The fourth-order valence-electron chi connectivity index (χ4n) is 2.57. The minimum atomic E-state index is -0.222. The van der Waals surface area contributed by atoms with Gasteiger partial charge in [-0.25, -0.2) is 4.39 Å². The molecule has 2 atom stereocenters. The second kappa shape index (κ2) is 6.87. The number of methoxy groups -OCH3 is 1. The third-order valence-electron chi connectivity index (χ3n) is 3.74. The van der Waals surface area contributed by atoms with Crippen LogP contribution >= 0.6 is 0 Å². The van der Waals surface area contributed by atoms with Gasteiger partial charge >= 0.3 is 0 Å². The number of nitrogens with one attached hydrogen (secondary N) is 2. The monoisotopic (exact) mass is 266 g/mol. The van der Waals surface area contributed by atoms with Crippen molar-refractivity contribution in [2.45, 2.75) is 38.3 Å². The molecule has 19 heavy (non-hydrogen) atoms. The fraction of sp³-hybridized carbons (Fsp3) is 0.600. The summed E-state index contributed by atoms with van der Waals surface area (Å²) in [5, 5.41) is 6.96. The van der Waals surface area contributed by atoms with Gasteiger partial charge in [0, 0.05) is 24.2 Å². The van der Waals surface area contributed by atoms with Crippen molar-refractivity contribution in [3.05, 3.63) is 29.6 Å². The van der Waals surface area contributed by atoms with Crippen LogP contribution in [0.25, 0.3) is 0 Å². The van der Waals surface area contributed by atoms with Gasteiger partial charge < -0.3 is 15.4 Å². The van der Waals surface area contributed by atoms with Crippen molar-refractivity contribution >= 4 is 0 Å². The standard InChI is InChI=1S/C15H23FN2O/c1-11(18-10-13-5-3-4-8-17-13)14-9-12(16)6-7-15(14)19-2/h6-7,9,11,13,17-18H,3-5,8,10H2,1-2H3. The molecule has 106 valence electrons. The molecule has 3 nitrogen and oxygen atoms in total. The molecule has 0 radical (unpaired) electrons. The molecule has 1 aliphatic heterocycles. The van der Waals surface area contributed by atoms with Crippen molar-refractivity contribution < 1.29 is 9.13 Å². The first-order valence-corrected chi connectivity index (χ1v) is 7.01. The van der Waals surface area contributed by atoms with Gasteiger partial charge in [0.1, 0.15) is 11.6 Å². The van der Waals surface area contributed by atoms with E-state index in [0.29, 0.717) is 6.04 Å². The minimum absolute atomic E-state index is 0.0781. The summed E-state index contributed by atoms with van der Waals surface area (Å²) in [6.07, 6.45) is 3.76. The maximum Gasteiger partial charge on any atom is 0.123 e. The Morgan fingerprint density at radius 2 is 2.32 bits per heavy atom. The van der Waals surface area contributed by atoms with Crippen LogP contribution in [0.2, 0.25) is 0 Å². The molecule has 1 heterocycles. The Kier molecular flexibility index (Phi) is 5.16. The largest absolute Gasteiger partial charge is 0.496 e. The molecule has 0 aliphatic carbocycles. The van der Waals surface area contributed by atoms with Gasteiger partial charge in [-0.3, -0.25) is 0 Å². The molecule has 0 aromatic heterocycles. The van der Waals surface area contributed by atoms with Crippen molar-refractivity contribution in [1.29, 1.82) is 0 Å². The highest BCUT2D eigenvalue weighted by atomic mass is 19.1. The summed E-state index contributed by atoms with van der Waals surface area (Å²) in [6.45, 7) is 4.05. The summed E-state index contributed by atoms with van der Waals surface area (Å²) in [5.74, 6) is 0.512. The predicted molar refractivity (Wildman–Crippen MR) is 75.0 cm³/mol. The number of rotatable bonds is 5. The molecule has 0 bridgehead atoms. The van der Waals surface area contributed by atoms with Crippen molar-refractivity contribution in [3.63, 3.8) is 0 Å². The third-order valence-corrected chi connectivity index (χ3v) is 3.74. The summed E-state index contributed by atoms with van der Waals surface area (Å²) in [5.41, 5.74) is 0.873. The number of hydrogen-bond donors (Lipinski definition) is 2. The first-order chi connectivity index (χ1) is 9.20. The topological polar surface area (TPSA) is 33.3 Å². The van der Waals surface area contributed by atoms with E-state index in [0.717, 1.165) is 24.4 Å². The molecule has 2 unspecified atom stereocenters. The van der Waals surface area contributed by atoms with Gasteiger partial charge in [0.05, 0.1) is 7.11 Å². The molecule has 1 fully saturated rings. The highest BCUT2D eigenvalue weighted by molar-refractivity contribution is 5.36. The SMILES string of the molecule is COc1ccc(F)cc1C(C)NCC1CCCCN1. The quantitative estimate of drug-likeness (QED) is 0.859. The molecule has 4 heteroatoms. The van der Waals surface area contributed by atoms with Crippen LogP contribution in [0.1, 0.15) is 37.8 Å². The van der Waals surface area contributed by atoms with E-state index >= 15 is 0 Å². The first-order valence-electron chi connectivity index (χ1n) is 7.01. The molecule has 0 saturated carbocycles. The van der Waals surface area contributed by atoms with E-state index in [1.54, 1.807) is 19.2 Å². The maximum absolute atomic E-state index is 13.3. The molecule has 2 rings (SSSR count). The van der Waals surface area contributed by atoms with Gasteiger partial charge in [-0.15, -0.1) is 0 Å². The Hall–Kier alpha value is -1.13. The summed E-state index contributed by atoms with van der Waals surface area (Å²) in [4.78, 5) is 0. The van der Waals surface area contributed by atoms with Crippen LogP contribution < -0.4 is 15.4 Å². The van der Waals surface area contributed by atoms with Crippen LogP contribution in [0, 0.1) is 5.82 Å². The summed E-state index contributed by atoms with van der Waals surface area (Å²) >= 11 is 0. The van der Waals surface area contributed by atoms with Gasteiger partial charge in [0.15, 0.2) is 0 Å². The predicted octanol–water partition coefficient (Wildman–Crippen LogP) is 2.63.